The Morgan fingerprint density at radius 2 is 2.17 bits per heavy atom. The molecule has 11 heteroatoms. The van der Waals surface area contributed by atoms with Crippen molar-refractivity contribution in [3.63, 3.8) is 0 Å². The first-order valence-corrected chi connectivity index (χ1v) is 7.15. The monoisotopic (exact) mass is 339 g/mol. The summed E-state index contributed by atoms with van der Waals surface area (Å²) < 4.78 is 6.77. The number of fused-ring (bicyclic) bond motifs is 1. The highest BCUT2D eigenvalue weighted by molar-refractivity contribution is 5.72. The largest absolute Gasteiger partial charge is 0.396 e. The van der Waals surface area contributed by atoms with Crippen molar-refractivity contribution >= 4 is 17.0 Å². The average Bonchev–Trinajstić information content (AvgIpc) is 3.05. The average molecular weight is 339 g/mol. The summed E-state index contributed by atoms with van der Waals surface area (Å²) in [6.07, 6.45) is -2.10. The van der Waals surface area contributed by atoms with Crippen molar-refractivity contribution in [3.8, 4) is 0 Å². The number of aromatic nitrogens is 4. The predicted octanol–water partition coefficient (Wildman–Crippen LogP) is -2.69. The van der Waals surface area contributed by atoms with Crippen LogP contribution in [0.1, 0.15) is 13.2 Å². The van der Waals surface area contributed by atoms with Gasteiger partial charge in [-0.1, -0.05) is 6.92 Å². The quantitative estimate of drug-likeness (QED) is 0.398. The number of hydrogen-bond donors (Lipinski definition) is 5. The smallest absolute Gasteiger partial charge is 0.301 e. The lowest BCUT2D eigenvalue weighted by atomic mass is 9.81. The molecule has 0 unspecified atom stereocenters. The van der Waals surface area contributed by atoms with E-state index < -0.39 is 48.2 Å². The second-order valence-corrected chi connectivity index (χ2v) is 5.91. The van der Waals surface area contributed by atoms with Crippen LogP contribution in [-0.4, -0.2) is 60.3 Å². The van der Waals surface area contributed by atoms with Gasteiger partial charge in [-0.25, -0.2) is 4.98 Å². The number of rotatable bonds is 3. The van der Waals surface area contributed by atoms with Gasteiger partial charge in [-0.2, -0.15) is 4.98 Å². The molecule has 0 amide bonds. The lowest BCUT2D eigenvalue weighted by Crippen LogP contribution is -2.42. The number of nitrogens with zero attached hydrogens (tertiary/aromatic N) is 3. The van der Waals surface area contributed by atoms with Crippen LogP contribution >= 0.6 is 0 Å². The van der Waals surface area contributed by atoms with Crippen molar-refractivity contribution in [2.45, 2.75) is 25.4 Å². The number of hydrogen-bond acceptors (Lipinski definition) is 9. The summed E-state index contributed by atoms with van der Waals surface area (Å²) in [5.74, 6) is -0.365. The van der Waals surface area contributed by atoms with Gasteiger partial charge < -0.3 is 25.8 Å². The maximum absolute atomic E-state index is 12.3. The Hall–Kier alpha value is -2.34. The molecule has 1 fully saturated rings. The molecule has 2 aromatic rings. The van der Waals surface area contributed by atoms with Crippen LogP contribution in [0, 0.1) is 5.41 Å². The molecule has 24 heavy (non-hydrogen) atoms. The third-order valence-electron chi connectivity index (χ3n) is 4.44. The van der Waals surface area contributed by atoms with Crippen molar-refractivity contribution in [1.82, 2.24) is 19.5 Å². The van der Waals surface area contributed by atoms with E-state index in [2.05, 4.69) is 15.0 Å². The first kappa shape index (κ1) is 16.5. The van der Waals surface area contributed by atoms with Gasteiger partial charge in [0.1, 0.15) is 11.6 Å². The third kappa shape index (κ3) is 2.21. The summed E-state index contributed by atoms with van der Waals surface area (Å²) in [5.41, 5.74) is 2.30. The molecule has 4 atom stereocenters. The molecule has 3 rings (SSSR count). The number of aromatic amines is 1. The SMILES string of the molecule is C[C@@]1(CO)[C@@H](CO)O[C@@H](n2cnc3c(=O)nc(N)[nH]c(=O)c32)[C@@H]1O. The fourth-order valence-corrected chi connectivity index (χ4v) is 2.88. The second kappa shape index (κ2) is 5.63. The molecule has 0 spiro atoms. The van der Waals surface area contributed by atoms with Crippen molar-refractivity contribution in [2.75, 3.05) is 18.9 Å². The molecule has 2 aromatic heterocycles. The summed E-state index contributed by atoms with van der Waals surface area (Å²) in [6, 6.07) is 0. The maximum Gasteiger partial charge on any atom is 0.301 e. The summed E-state index contributed by atoms with van der Waals surface area (Å²) in [4.78, 5) is 33.8. The van der Waals surface area contributed by atoms with Crippen LogP contribution in [0.15, 0.2) is 15.9 Å². The van der Waals surface area contributed by atoms with Crippen LogP contribution < -0.4 is 16.9 Å². The first-order valence-electron chi connectivity index (χ1n) is 7.15. The van der Waals surface area contributed by atoms with Gasteiger partial charge in [0.25, 0.3) is 5.56 Å². The van der Waals surface area contributed by atoms with E-state index in [0.29, 0.717) is 0 Å². The van der Waals surface area contributed by atoms with E-state index in [0.717, 1.165) is 6.33 Å². The number of nitrogens with two attached hydrogens (primary N) is 1. The van der Waals surface area contributed by atoms with Gasteiger partial charge in [0.05, 0.1) is 25.6 Å². The number of aliphatic hydroxyl groups excluding tert-OH is 3. The van der Waals surface area contributed by atoms with Gasteiger partial charge in [0, 0.05) is 5.41 Å². The topological polar surface area (TPSA) is 177 Å². The number of imidazole rings is 1. The van der Waals surface area contributed by atoms with Gasteiger partial charge >= 0.3 is 5.56 Å². The van der Waals surface area contributed by atoms with Crippen LogP contribution in [0.2, 0.25) is 0 Å². The molecule has 3 heterocycles. The summed E-state index contributed by atoms with van der Waals surface area (Å²) in [5, 5.41) is 29.6. The van der Waals surface area contributed by atoms with E-state index in [1.807, 2.05) is 0 Å². The third-order valence-corrected chi connectivity index (χ3v) is 4.44. The van der Waals surface area contributed by atoms with E-state index in [9.17, 15) is 24.9 Å². The molecule has 1 saturated heterocycles. The molecule has 130 valence electrons. The minimum Gasteiger partial charge on any atom is -0.396 e. The molecule has 0 aromatic carbocycles. The van der Waals surface area contributed by atoms with Gasteiger partial charge in [-0.3, -0.25) is 19.1 Å². The number of nitrogens with one attached hydrogen (secondary N) is 1. The highest BCUT2D eigenvalue weighted by Crippen LogP contribution is 2.43. The Morgan fingerprint density at radius 1 is 1.46 bits per heavy atom. The van der Waals surface area contributed by atoms with Crippen LogP contribution in [0.25, 0.3) is 11.0 Å². The maximum atomic E-state index is 12.3. The van der Waals surface area contributed by atoms with Gasteiger partial charge in [0.2, 0.25) is 5.95 Å². The van der Waals surface area contributed by atoms with E-state index in [-0.39, 0.29) is 17.0 Å². The minimum absolute atomic E-state index is 0.174. The molecule has 0 bridgehead atoms. The molecule has 0 radical (unpaired) electrons. The number of H-pyrrole nitrogens is 1. The highest BCUT2D eigenvalue weighted by Gasteiger charge is 2.53. The van der Waals surface area contributed by atoms with Gasteiger partial charge in [-0.05, 0) is 0 Å². The Balaban J connectivity index is 2.22. The molecule has 0 aliphatic carbocycles. The van der Waals surface area contributed by atoms with Crippen LogP contribution in [0.5, 0.6) is 0 Å². The Morgan fingerprint density at radius 3 is 2.75 bits per heavy atom. The van der Waals surface area contributed by atoms with Crippen LogP contribution in [0.4, 0.5) is 5.95 Å². The zero-order valence-corrected chi connectivity index (χ0v) is 12.7. The number of nitrogen functional groups attached to an aromatic ring is 1. The highest BCUT2D eigenvalue weighted by atomic mass is 16.5. The van der Waals surface area contributed by atoms with Gasteiger partial charge in [0.15, 0.2) is 11.7 Å². The number of anilines is 1. The second-order valence-electron chi connectivity index (χ2n) is 5.91. The van der Waals surface area contributed by atoms with Crippen LogP contribution in [0.3, 0.4) is 0 Å². The molecule has 11 nitrogen and oxygen atoms in total. The van der Waals surface area contributed by atoms with Gasteiger partial charge in [-0.15, -0.1) is 0 Å². The van der Waals surface area contributed by atoms with Crippen molar-refractivity contribution < 1.29 is 20.1 Å². The molecular formula is C13H17N5O6. The Kier molecular flexibility index (Phi) is 3.87. The van der Waals surface area contributed by atoms with Crippen molar-refractivity contribution in [3.05, 3.63) is 27.0 Å². The lowest BCUT2D eigenvalue weighted by molar-refractivity contribution is -0.0537. The number of ether oxygens (including phenoxy) is 1. The number of aliphatic hydroxyl groups is 3. The molecule has 6 N–H and O–H groups in total. The first-order chi connectivity index (χ1) is 11.3. The molecule has 1 aliphatic heterocycles. The van der Waals surface area contributed by atoms with Crippen molar-refractivity contribution in [2.24, 2.45) is 5.41 Å². The minimum atomic E-state index is -1.26. The molecule has 0 saturated carbocycles. The Labute approximate surface area is 134 Å². The van der Waals surface area contributed by atoms with E-state index >= 15 is 0 Å². The lowest BCUT2D eigenvalue weighted by Gasteiger charge is -2.29. The zero-order chi connectivity index (χ0) is 17.6. The van der Waals surface area contributed by atoms with E-state index in [1.165, 1.54) is 4.57 Å². The standard InChI is InChI=1S/C13H17N5O6/c1-13(3-20)5(2-19)24-11(8(13)21)18-4-15-6-7(18)10(23)17-12(14)16-9(6)22/h4-5,8,11,19-21H,2-3H2,1H3,(H3,14,16,17,22,23)/t5-,8+,11-,13-/m1/s1. The Bertz CT molecular complexity index is 895. The summed E-state index contributed by atoms with van der Waals surface area (Å²) in [6.45, 7) is 0.650. The normalized spacial score (nSPS) is 30.1. The molecular weight excluding hydrogens is 322 g/mol. The van der Waals surface area contributed by atoms with Crippen molar-refractivity contribution in [1.29, 1.82) is 0 Å². The zero-order valence-electron chi connectivity index (χ0n) is 12.7. The van der Waals surface area contributed by atoms with E-state index in [1.54, 1.807) is 6.92 Å². The summed E-state index contributed by atoms with van der Waals surface area (Å²) >= 11 is 0. The van der Waals surface area contributed by atoms with Crippen LogP contribution in [-0.2, 0) is 4.74 Å². The van der Waals surface area contributed by atoms with E-state index in [4.69, 9.17) is 10.5 Å². The fraction of sp³-hybridized carbons (Fsp3) is 0.538. The molecule has 1 aliphatic rings. The fourth-order valence-electron chi connectivity index (χ4n) is 2.88. The predicted molar refractivity (Wildman–Crippen MR) is 81.0 cm³/mol. The summed E-state index contributed by atoms with van der Waals surface area (Å²) in [7, 11) is 0.